The van der Waals surface area contributed by atoms with Gasteiger partial charge in [0.25, 0.3) is 0 Å². The lowest BCUT2D eigenvalue weighted by atomic mass is 9.83. The molecule has 170 valence electrons. The van der Waals surface area contributed by atoms with Crippen molar-refractivity contribution in [2.45, 2.75) is 51.1 Å². The zero-order valence-corrected chi connectivity index (χ0v) is 19.2. The van der Waals surface area contributed by atoms with Crippen LogP contribution in [0.1, 0.15) is 38.2 Å². The van der Waals surface area contributed by atoms with Crippen molar-refractivity contribution in [2.75, 3.05) is 26.2 Å². The smallest absolute Gasteiger partial charge is 0.308 e. The van der Waals surface area contributed by atoms with Gasteiger partial charge in [0.2, 0.25) is 11.8 Å². The Kier molecular flexibility index (Phi) is 8.19. The Hall–Kier alpha value is -1.83. The first-order valence-electron chi connectivity index (χ1n) is 10.7. The molecule has 0 bridgehead atoms. The van der Waals surface area contributed by atoms with Gasteiger partial charge in [0.1, 0.15) is 6.04 Å². The molecule has 1 heterocycles. The van der Waals surface area contributed by atoms with Crippen molar-refractivity contribution < 1.29 is 19.5 Å². The van der Waals surface area contributed by atoms with Crippen molar-refractivity contribution in [1.82, 2.24) is 15.1 Å². The minimum absolute atomic E-state index is 0.0301. The second kappa shape index (κ2) is 10.7. The molecule has 31 heavy (non-hydrogen) atoms. The minimum Gasteiger partial charge on any atom is -0.481 e. The van der Waals surface area contributed by atoms with Gasteiger partial charge in [-0.3, -0.25) is 19.3 Å². The maximum Gasteiger partial charge on any atom is 0.308 e. The molecule has 1 saturated carbocycles. The highest BCUT2D eigenvalue weighted by Gasteiger charge is 2.37. The van der Waals surface area contributed by atoms with Crippen molar-refractivity contribution in [3.63, 3.8) is 0 Å². The highest BCUT2D eigenvalue weighted by molar-refractivity contribution is 6.35. The highest BCUT2D eigenvalue weighted by atomic mass is 35.5. The van der Waals surface area contributed by atoms with Crippen LogP contribution in [-0.4, -0.2) is 71.0 Å². The number of halogens is 2. The van der Waals surface area contributed by atoms with Crippen LogP contribution in [0.4, 0.5) is 0 Å². The number of nitrogens with zero attached hydrogens (tertiary/aromatic N) is 2. The van der Waals surface area contributed by atoms with Crippen molar-refractivity contribution in [3.05, 3.63) is 33.8 Å². The molecule has 2 fully saturated rings. The van der Waals surface area contributed by atoms with Gasteiger partial charge in [0, 0.05) is 55.6 Å². The molecule has 1 aliphatic heterocycles. The number of hydrogen-bond acceptors (Lipinski definition) is 4. The summed E-state index contributed by atoms with van der Waals surface area (Å²) in [6, 6.07) is 4.40. The van der Waals surface area contributed by atoms with E-state index in [1.165, 1.54) is 6.92 Å². The molecular weight excluding hydrogens is 441 g/mol. The predicted octanol–water partition coefficient (Wildman–Crippen LogP) is 2.83. The summed E-state index contributed by atoms with van der Waals surface area (Å²) >= 11 is 12.2. The monoisotopic (exact) mass is 469 g/mol. The lowest BCUT2D eigenvalue weighted by Gasteiger charge is -2.43. The zero-order valence-electron chi connectivity index (χ0n) is 17.7. The molecule has 2 N–H and O–H groups in total. The number of nitrogens with one attached hydrogen (secondary N) is 1. The summed E-state index contributed by atoms with van der Waals surface area (Å²) in [4.78, 5) is 40.5. The molecule has 2 unspecified atom stereocenters. The average Bonchev–Trinajstić information content (AvgIpc) is 2.74. The maximum absolute atomic E-state index is 13.2. The van der Waals surface area contributed by atoms with Crippen LogP contribution >= 0.6 is 23.2 Å². The van der Waals surface area contributed by atoms with Crippen LogP contribution in [0, 0.1) is 5.92 Å². The summed E-state index contributed by atoms with van der Waals surface area (Å²) < 4.78 is 0. The van der Waals surface area contributed by atoms with Crippen LogP contribution in [0.2, 0.25) is 10.0 Å². The molecule has 0 spiro atoms. The molecule has 0 radical (unpaired) electrons. The number of amides is 2. The molecule has 1 saturated heterocycles. The van der Waals surface area contributed by atoms with E-state index in [0.717, 1.165) is 24.8 Å². The minimum atomic E-state index is -0.728. The van der Waals surface area contributed by atoms with E-state index in [1.54, 1.807) is 23.1 Å². The molecule has 7 nitrogen and oxygen atoms in total. The quantitative estimate of drug-likeness (QED) is 0.668. The SMILES string of the molecule is CC(=O)NC(Cc1ccc(Cl)cc1Cl)C(=O)N1CCN(C2CCCC[C@H]2C(=O)O)CC1. The molecule has 3 rings (SSSR count). The molecule has 1 aliphatic carbocycles. The second-order valence-electron chi connectivity index (χ2n) is 8.35. The van der Waals surface area contributed by atoms with Crippen LogP contribution in [0.25, 0.3) is 0 Å². The van der Waals surface area contributed by atoms with E-state index in [2.05, 4.69) is 10.2 Å². The average molecular weight is 470 g/mol. The van der Waals surface area contributed by atoms with E-state index in [9.17, 15) is 19.5 Å². The van der Waals surface area contributed by atoms with E-state index in [1.807, 2.05) is 0 Å². The Morgan fingerprint density at radius 2 is 1.81 bits per heavy atom. The first-order valence-corrected chi connectivity index (χ1v) is 11.5. The third-order valence-electron chi connectivity index (χ3n) is 6.26. The van der Waals surface area contributed by atoms with Crippen LogP contribution in [0.5, 0.6) is 0 Å². The maximum atomic E-state index is 13.2. The molecule has 0 aromatic heterocycles. The first kappa shape index (κ1) is 23.8. The van der Waals surface area contributed by atoms with Gasteiger partial charge in [-0.1, -0.05) is 42.1 Å². The van der Waals surface area contributed by atoms with Crippen molar-refractivity contribution in [1.29, 1.82) is 0 Å². The summed E-state index contributed by atoms with van der Waals surface area (Å²) in [5.41, 5.74) is 0.739. The molecule has 2 amide bonds. The van der Waals surface area contributed by atoms with Crippen LogP contribution in [-0.2, 0) is 20.8 Å². The van der Waals surface area contributed by atoms with Gasteiger partial charge in [0.05, 0.1) is 5.92 Å². The van der Waals surface area contributed by atoms with Crippen LogP contribution in [0.15, 0.2) is 18.2 Å². The molecule has 9 heteroatoms. The van der Waals surface area contributed by atoms with Gasteiger partial charge < -0.3 is 15.3 Å². The van der Waals surface area contributed by atoms with Gasteiger partial charge >= 0.3 is 5.97 Å². The van der Waals surface area contributed by atoms with Gasteiger partial charge in [-0.15, -0.1) is 0 Å². The Morgan fingerprint density at radius 1 is 1.13 bits per heavy atom. The lowest BCUT2D eigenvalue weighted by Crippen LogP contribution is -2.58. The molecule has 1 aromatic rings. The standard InChI is InChI=1S/C22H29Cl2N3O4/c1-14(28)25-19(12-15-6-7-16(23)13-18(15)24)21(29)27-10-8-26(9-11-27)20-5-3-2-4-17(20)22(30)31/h6-7,13,17,19-20H,2-5,8-12H2,1H3,(H,25,28)(H,30,31)/t17-,19?,20?/m1/s1. The largest absolute Gasteiger partial charge is 0.481 e. The van der Waals surface area contributed by atoms with E-state index in [0.29, 0.717) is 42.6 Å². The number of carboxylic acids is 1. The fraction of sp³-hybridized carbons (Fsp3) is 0.591. The van der Waals surface area contributed by atoms with E-state index in [4.69, 9.17) is 23.2 Å². The van der Waals surface area contributed by atoms with Gasteiger partial charge in [-0.2, -0.15) is 0 Å². The topological polar surface area (TPSA) is 90.0 Å². The van der Waals surface area contributed by atoms with Crippen molar-refractivity contribution in [2.24, 2.45) is 5.92 Å². The third kappa shape index (κ3) is 6.11. The van der Waals surface area contributed by atoms with Crippen molar-refractivity contribution >= 4 is 41.0 Å². The number of rotatable bonds is 6. The summed E-state index contributed by atoms with van der Waals surface area (Å²) in [5.74, 6) is -1.50. The molecule has 1 aromatic carbocycles. The van der Waals surface area contributed by atoms with E-state index >= 15 is 0 Å². The lowest BCUT2D eigenvalue weighted by molar-refractivity contribution is -0.147. The zero-order chi connectivity index (χ0) is 22.5. The Morgan fingerprint density at radius 3 is 2.42 bits per heavy atom. The number of hydrogen-bond donors (Lipinski definition) is 2. The number of carbonyl (C=O) groups excluding carboxylic acids is 2. The normalized spacial score (nSPS) is 23.3. The number of carbonyl (C=O) groups is 3. The van der Waals surface area contributed by atoms with E-state index in [-0.39, 0.29) is 30.2 Å². The van der Waals surface area contributed by atoms with E-state index < -0.39 is 12.0 Å². The van der Waals surface area contributed by atoms with Crippen molar-refractivity contribution in [3.8, 4) is 0 Å². The Bertz CT molecular complexity index is 827. The first-order chi connectivity index (χ1) is 14.8. The Labute approximate surface area is 192 Å². The van der Waals surface area contributed by atoms with Crippen LogP contribution in [0.3, 0.4) is 0 Å². The van der Waals surface area contributed by atoms with Gasteiger partial charge in [0.15, 0.2) is 0 Å². The fourth-order valence-electron chi connectivity index (χ4n) is 4.68. The number of piperazine rings is 1. The Balaban J connectivity index is 1.64. The molecular formula is C22H29Cl2N3O4. The number of aliphatic carboxylic acids is 1. The van der Waals surface area contributed by atoms with Gasteiger partial charge in [-0.25, -0.2) is 0 Å². The number of benzene rings is 1. The predicted molar refractivity (Wildman–Crippen MR) is 119 cm³/mol. The third-order valence-corrected chi connectivity index (χ3v) is 6.84. The summed E-state index contributed by atoms with van der Waals surface area (Å²) in [6.07, 6.45) is 3.87. The van der Waals surface area contributed by atoms with Crippen LogP contribution < -0.4 is 5.32 Å². The van der Waals surface area contributed by atoms with Gasteiger partial charge in [-0.05, 0) is 30.5 Å². The molecule has 3 atom stereocenters. The fourth-order valence-corrected chi connectivity index (χ4v) is 5.17. The highest BCUT2D eigenvalue weighted by Crippen LogP contribution is 2.30. The molecule has 2 aliphatic rings. The second-order valence-corrected chi connectivity index (χ2v) is 9.19. The summed E-state index contributed by atoms with van der Waals surface area (Å²) in [7, 11) is 0. The summed E-state index contributed by atoms with van der Waals surface area (Å²) in [6.45, 7) is 3.67. The summed E-state index contributed by atoms with van der Waals surface area (Å²) in [5, 5.41) is 13.3. The number of carboxylic acid groups (broad SMARTS) is 1.